The highest BCUT2D eigenvalue weighted by Gasteiger charge is 2.34. The molecule has 0 radical (unpaired) electrons. The average Bonchev–Trinajstić information content (AvgIpc) is 2.30. The van der Waals surface area contributed by atoms with Gasteiger partial charge in [0.15, 0.2) is 0 Å². The first-order chi connectivity index (χ1) is 8.25. The average molecular weight is 270 g/mol. The third kappa shape index (κ3) is 3.47. The van der Waals surface area contributed by atoms with Crippen molar-refractivity contribution in [3.05, 3.63) is 34.9 Å². The number of hydrogen-bond donors (Lipinski definition) is 1. The van der Waals surface area contributed by atoms with Crippen LogP contribution in [-0.2, 0) is 11.2 Å². The highest BCUT2D eigenvalue weighted by atomic mass is 35.5. The van der Waals surface area contributed by atoms with Crippen molar-refractivity contribution in [1.82, 2.24) is 4.90 Å². The fourth-order valence-corrected chi connectivity index (χ4v) is 1.93. The molecule has 0 bridgehead atoms. The SMILES string of the molecule is CC(Cc1ccc(Cl)cc1)N(C)C(C)(C)C(=O)O. The largest absolute Gasteiger partial charge is 0.480 e. The van der Waals surface area contributed by atoms with E-state index >= 15 is 0 Å². The normalized spacial score (nSPS) is 13.7. The number of benzene rings is 1. The van der Waals surface area contributed by atoms with E-state index in [0.717, 1.165) is 12.0 Å². The first-order valence-corrected chi connectivity index (χ1v) is 6.33. The van der Waals surface area contributed by atoms with Crippen molar-refractivity contribution < 1.29 is 9.90 Å². The van der Waals surface area contributed by atoms with Crippen molar-refractivity contribution in [3.63, 3.8) is 0 Å². The van der Waals surface area contributed by atoms with E-state index in [1.807, 2.05) is 43.1 Å². The summed E-state index contributed by atoms with van der Waals surface area (Å²) in [5.41, 5.74) is 0.284. The highest BCUT2D eigenvalue weighted by Crippen LogP contribution is 2.19. The molecule has 1 N–H and O–H groups in total. The standard InChI is InChI=1S/C14H20ClNO2/c1-10(16(4)14(2,3)13(17)18)9-11-5-7-12(15)8-6-11/h5-8,10H,9H2,1-4H3,(H,17,18). The zero-order chi connectivity index (χ0) is 13.9. The molecule has 1 rings (SSSR count). The number of aliphatic carboxylic acids is 1. The molecule has 0 saturated heterocycles. The molecule has 0 saturated carbocycles. The number of rotatable bonds is 5. The van der Waals surface area contributed by atoms with E-state index in [9.17, 15) is 9.90 Å². The van der Waals surface area contributed by atoms with Crippen LogP contribution in [0.4, 0.5) is 0 Å². The van der Waals surface area contributed by atoms with Crippen LogP contribution in [0.15, 0.2) is 24.3 Å². The zero-order valence-electron chi connectivity index (χ0n) is 11.3. The second kappa shape index (κ2) is 5.72. The number of halogens is 1. The Morgan fingerprint density at radius 2 is 1.89 bits per heavy atom. The molecule has 100 valence electrons. The summed E-state index contributed by atoms with van der Waals surface area (Å²) in [6, 6.07) is 7.79. The molecule has 3 nitrogen and oxygen atoms in total. The van der Waals surface area contributed by atoms with E-state index in [0.29, 0.717) is 5.02 Å². The molecule has 18 heavy (non-hydrogen) atoms. The maximum absolute atomic E-state index is 11.2. The molecule has 0 aliphatic rings. The van der Waals surface area contributed by atoms with Gasteiger partial charge in [-0.15, -0.1) is 0 Å². The lowest BCUT2D eigenvalue weighted by molar-refractivity contribution is -0.149. The van der Waals surface area contributed by atoms with E-state index in [-0.39, 0.29) is 6.04 Å². The van der Waals surface area contributed by atoms with Crippen molar-refractivity contribution in [2.45, 2.75) is 38.8 Å². The fourth-order valence-electron chi connectivity index (χ4n) is 1.80. The van der Waals surface area contributed by atoms with Gasteiger partial charge >= 0.3 is 5.97 Å². The molecule has 0 aliphatic carbocycles. The Balaban J connectivity index is 2.73. The molecule has 0 amide bonds. The number of nitrogens with zero attached hydrogens (tertiary/aromatic N) is 1. The number of carbonyl (C=O) groups is 1. The molecule has 1 aromatic rings. The van der Waals surface area contributed by atoms with Gasteiger partial charge in [-0.25, -0.2) is 0 Å². The second-order valence-corrected chi connectivity index (χ2v) is 5.59. The van der Waals surface area contributed by atoms with Crippen LogP contribution in [0.5, 0.6) is 0 Å². The Morgan fingerprint density at radius 1 is 1.39 bits per heavy atom. The van der Waals surface area contributed by atoms with Crippen LogP contribution >= 0.6 is 11.6 Å². The van der Waals surface area contributed by atoms with Gasteiger partial charge in [0.25, 0.3) is 0 Å². The predicted octanol–water partition coefficient (Wildman–Crippen LogP) is 3.07. The summed E-state index contributed by atoms with van der Waals surface area (Å²) in [7, 11) is 1.84. The first-order valence-electron chi connectivity index (χ1n) is 5.96. The van der Waals surface area contributed by atoms with Gasteiger partial charge in [-0.1, -0.05) is 23.7 Å². The van der Waals surface area contributed by atoms with Gasteiger partial charge in [0.1, 0.15) is 5.54 Å². The summed E-state index contributed by atoms with van der Waals surface area (Å²) >= 11 is 5.84. The Hall–Kier alpha value is -1.06. The summed E-state index contributed by atoms with van der Waals surface area (Å²) in [6.45, 7) is 5.46. The van der Waals surface area contributed by atoms with Crippen molar-refractivity contribution in [2.75, 3.05) is 7.05 Å². The van der Waals surface area contributed by atoms with Crippen molar-refractivity contribution in [3.8, 4) is 0 Å². The van der Waals surface area contributed by atoms with Crippen molar-refractivity contribution in [2.24, 2.45) is 0 Å². The lowest BCUT2D eigenvalue weighted by Gasteiger charge is -2.36. The van der Waals surface area contributed by atoms with E-state index in [2.05, 4.69) is 0 Å². The van der Waals surface area contributed by atoms with Crippen LogP contribution in [0, 0.1) is 0 Å². The Bertz CT molecular complexity index is 414. The van der Waals surface area contributed by atoms with Crippen LogP contribution in [0.1, 0.15) is 26.3 Å². The number of carboxylic acid groups (broad SMARTS) is 1. The smallest absolute Gasteiger partial charge is 0.323 e. The summed E-state index contributed by atoms with van der Waals surface area (Å²) in [5.74, 6) is -0.812. The highest BCUT2D eigenvalue weighted by molar-refractivity contribution is 6.30. The number of likely N-dealkylation sites (N-methyl/N-ethyl adjacent to an activating group) is 1. The van der Waals surface area contributed by atoms with Crippen LogP contribution < -0.4 is 0 Å². The monoisotopic (exact) mass is 269 g/mol. The molecule has 0 spiro atoms. The van der Waals surface area contributed by atoms with Gasteiger partial charge in [0.2, 0.25) is 0 Å². The molecule has 0 aliphatic heterocycles. The minimum atomic E-state index is -0.869. The van der Waals surface area contributed by atoms with Gasteiger partial charge in [0.05, 0.1) is 0 Å². The van der Waals surface area contributed by atoms with Gasteiger partial charge in [-0.3, -0.25) is 9.69 Å². The molecule has 1 aromatic carbocycles. The topological polar surface area (TPSA) is 40.5 Å². The molecular formula is C14H20ClNO2. The van der Waals surface area contributed by atoms with E-state index in [1.165, 1.54) is 0 Å². The van der Waals surface area contributed by atoms with Crippen LogP contribution in [0.3, 0.4) is 0 Å². The minimum Gasteiger partial charge on any atom is -0.480 e. The predicted molar refractivity (Wildman–Crippen MR) is 74.1 cm³/mol. The van der Waals surface area contributed by atoms with Crippen LogP contribution in [-0.4, -0.2) is 34.6 Å². The number of carboxylic acids is 1. The Labute approximate surface area is 113 Å². The molecule has 0 heterocycles. The quantitative estimate of drug-likeness (QED) is 0.893. The Kier molecular flexibility index (Phi) is 4.77. The minimum absolute atomic E-state index is 0.136. The van der Waals surface area contributed by atoms with Gasteiger partial charge in [-0.2, -0.15) is 0 Å². The molecule has 1 unspecified atom stereocenters. The van der Waals surface area contributed by atoms with Crippen molar-refractivity contribution >= 4 is 17.6 Å². The van der Waals surface area contributed by atoms with E-state index in [4.69, 9.17) is 11.6 Å². The molecular weight excluding hydrogens is 250 g/mol. The molecule has 1 atom stereocenters. The lowest BCUT2D eigenvalue weighted by atomic mass is 9.98. The summed E-state index contributed by atoms with van der Waals surface area (Å²) in [6.07, 6.45) is 0.796. The van der Waals surface area contributed by atoms with E-state index < -0.39 is 11.5 Å². The third-order valence-electron chi connectivity index (χ3n) is 3.51. The molecule has 0 aromatic heterocycles. The third-order valence-corrected chi connectivity index (χ3v) is 3.76. The van der Waals surface area contributed by atoms with Gasteiger partial charge in [-0.05, 0) is 51.9 Å². The molecule has 0 fully saturated rings. The maximum Gasteiger partial charge on any atom is 0.323 e. The summed E-state index contributed by atoms with van der Waals surface area (Å²) in [4.78, 5) is 13.1. The van der Waals surface area contributed by atoms with Crippen LogP contribution in [0.2, 0.25) is 5.02 Å². The second-order valence-electron chi connectivity index (χ2n) is 5.15. The Morgan fingerprint density at radius 3 is 2.33 bits per heavy atom. The summed E-state index contributed by atoms with van der Waals surface area (Å²) < 4.78 is 0. The fraction of sp³-hybridized carbons (Fsp3) is 0.500. The van der Waals surface area contributed by atoms with Crippen molar-refractivity contribution in [1.29, 1.82) is 0 Å². The zero-order valence-corrected chi connectivity index (χ0v) is 12.0. The first kappa shape index (κ1) is 15.0. The van der Waals surface area contributed by atoms with E-state index in [1.54, 1.807) is 13.8 Å². The lowest BCUT2D eigenvalue weighted by Crippen LogP contribution is -2.52. The maximum atomic E-state index is 11.2. The number of hydrogen-bond acceptors (Lipinski definition) is 2. The van der Waals surface area contributed by atoms with Gasteiger partial charge < -0.3 is 5.11 Å². The summed E-state index contributed by atoms with van der Waals surface area (Å²) in [5, 5.41) is 9.92. The van der Waals surface area contributed by atoms with Crippen LogP contribution in [0.25, 0.3) is 0 Å². The molecule has 4 heteroatoms. The van der Waals surface area contributed by atoms with Gasteiger partial charge in [0, 0.05) is 11.1 Å².